The van der Waals surface area contributed by atoms with Gasteiger partial charge in [0.2, 0.25) is 0 Å². The van der Waals surface area contributed by atoms with E-state index in [-0.39, 0.29) is 12.1 Å². The normalized spacial score (nSPS) is 33.9. The average Bonchev–Trinajstić information content (AvgIpc) is 2.08. The van der Waals surface area contributed by atoms with Gasteiger partial charge in [-0.2, -0.15) is 0 Å². The minimum Gasteiger partial charge on any atom is -0.390 e. The molecule has 0 atom stereocenters. The van der Waals surface area contributed by atoms with Crippen LogP contribution in [0.3, 0.4) is 0 Å². The number of rotatable bonds is 1. The number of aliphatic hydroxyl groups is 1. The van der Waals surface area contributed by atoms with E-state index in [9.17, 15) is 9.90 Å². The molecule has 1 saturated carbocycles. The topological polar surface area (TPSA) is 61.4 Å². The summed E-state index contributed by atoms with van der Waals surface area (Å²) >= 11 is 0. The van der Waals surface area contributed by atoms with Crippen LogP contribution in [0.1, 0.15) is 32.6 Å². The summed E-state index contributed by atoms with van der Waals surface area (Å²) in [5.41, 5.74) is -0.527. The fraction of sp³-hybridized carbons (Fsp3) is 0.889. The van der Waals surface area contributed by atoms with Gasteiger partial charge in [0.25, 0.3) is 0 Å². The molecule has 1 rings (SSSR count). The smallest absolute Gasteiger partial charge is 0.314 e. The quantitative estimate of drug-likeness (QED) is 0.562. The molecule has 0 aromatic carbocycles. The molecule has 0 spiro atoms. The van der Waals surface area contributed by atoms with Crippen molar-refractivity contribution in [2.45, 2.75) is 44.2 Å². The molecule has 76 valence electrons. The summed E-state index contributed by atoms with van der Waals surface area (Å²) < 4.78 is 0. The number of urea groups is 1. The Labute approximate surface area is 78.7 Å². The zero-order chi connectivity index (χ0) is 9.90. The zero-order valence-electron chi connectivity index (χ0n) is 8.26. The van der Waals surface area contributed by atoms with Crippen LogP contribution in [0.25, 0.3) is 0 Å². The molecule has 1 aliphatic rings. The molecule has 0 aromatic rings. The maximum atomic E-state index is 11.0. The van der Waals surface area contributed by atoms with E-state index in [0.29, 0.717) is 0 Å². The van der Waals surface area contributed by atoms with E-state index in [2.05, 4.69) is 10.6 Å². The van der Waals surface area contributed by atoms with Gasteiger partial charge in [-0.15, -0.1) is 0 Å². The standard InChI is InChI=1S/C9H18N2O2/c1-9(13)5-3-7(4-6-9)11-8(12)10-2/h7,13H,3-6H2,1-2H3,(H2,10,11,12). The van der Waals surface area contributed by atoms with Gasteiger partial charge < -0.3 is 15.7 Å². The van der Waals surface area contributed by atoms with Gasteiger partial charge in [0, 0.05) is 13.1 Å². The zero-order valence-corrected chi connectivity index (χ0v) is 8.26. The van der Waals surface area contributed by atoms with Crippen molar-refractivity contribution in [3.8, 4) is 0 Å². The highest BCUT2D eigenvalue weighted by Gasteiger charge is 2.28. The van der Waals surface area contributed by atoms with Crippen LogP contribution in [0.2, 0.25) is 0 Å². The highest BCUT2D eigenvalue weighted by Crippen LogP contribution is 2.27. The molecule has 0 radical (unpaired) electrons. The Morgan fingerprint density at radius 1 is 1.46 bits per heavy atom. The second kappa shape index (κ2) is 3.96. The molecule has 1 fully saturated rings. The van der Waals surface area contributed by atoms with Crippen LogP contribution >= 0.6 is 0 Å². The number of hydrogen-bond donors (Lipinski definition) is 3. The number of hydrogen-bond acceptors (Lipinski definition) is 2. The number of amides is 2. The summed E-state index contributed by atoms with van der Waals surface area (Å²) in [6.07, 6.45) is 3.25. The Kier molecular flexibility index (Phi) is 3.14. The first-order valence-electron chi connectivity index (χ1n) is 4.74. The Morgan fingerprint density at radius 2 is 2.00 bits per heavy atom. The van der Waals surface area contributed by atoms with Crippen molar-refractivity contribution in [3.63, 3.8) is 0 Å². The minimum absolute atomic E-state index is 0.133. The SMILES string of the molecule is CNC(=O)NC1CCC(C)(O)CC1. The highest BCUT2D eigenvalue weighted by atomic mass is 16.3. The van der Waals surface area contributed by atoms with Crippen molar-refractivity contribution in [2.24, 2.45) is 0 Å². The fourth-order valence-corrected chi connectivity index (χ4v) is 1.64. The van der Waals surface area contributed by atoms with Gasteiger partial charge in [-0.05, 0) is 32.6 Å². The lowest BCUT2D eigenvalue weighted by Crippen LogP contribution is -2.45. The molecule has 0 saturated heterocycles. The van der Waals surface area contributed by atoms with Crippen molar-refractivity contribution in [1.29, 1.82) is 0 Å². The van der Waals surface area contributed by atoms with Crippen LogP contribution in [0.15, 0.2) is 0 Å². The van der Waals surface area contributed by atoms with Gasteiger partial charge in [0.1, 0.15) is 0 Å². The number of nitrogens with one attached hydrogen (secondary N) is 2. The Bertz CT molecular complexity index is 182. The van der Waals surface area contributed by atoms with Gasteiger partial charge in [-0.1, -0.05) is 0 Å². The molecule has 0 aromatic heterocycles. The second-order valence-electron chi connectivity index (χ2n) is 3.99. The Hall–Kier alpha value is -0.770. The molecular formula is C9H18N2O2. The highest BCUT2D eigenvalue weighted by molar-refractivity contribution is 5.73. The molecule has 3 N–H and O–H groups in total. The fourth-order valence-electron chi connectivity index (χ4n) is 1.64. The van der Waals surface area contributed by atoms with Crippen molar-refractivity contribution >= 4 is 6.03 Å². The predicted octanol–water partition coefficient (Wildman–Crippen LogP) is 0.609. The van der Waals surface area contributed by atoms with E-state index in [0.717, 1.165) is 25.7 Å². The van der Waals surface area contributed by atoms with Gasteiger partial charge in [0.15, 0.2) is 0 Å². The van der Waals surface area contributed by atoms with Gasteiger partial charge in [-0.3, -0.25) is 0 Å². The second-order valence-corrected chi connectivity index (χ2v) is 3.99. The van der Waals surface area contributed by atoms with Crippen molar-refractivity contribution in [1.82, 2.24) is 10.6 Å². The molecule has 2 amide bonds. The molecule has 0 bridgehead atoms. The lowest BCUT2D eigenvalue weighted by atomic mass is 9.84. The number of carbonyl (C=O) groups excluding carboxylic acids is 1. The maximum Gasteiger partial charge on any atom is 0.314 e. The summed E-state index contributed by atoms with van der Waals surface area (Å²) in [6.45, 7) is 1.85. The molecule has 1 aliphatic carbocycles. The van der Waals surface area contributed by atoms with E-state index in [1.54, 1.807) is 7.05 Å². The molecule has 13 heavy (non-hydrogen) atoms. The monoisotopic (exact) mass is 186 g/mol. The van der Waals surface area contributed by atoms with Crippen LogP contribution in [0.5, 0.6) is 0 Å². The largest absolute Gasteiger partial charge is 0.390 e. The van der Waals surface area contributed by atoms with Crippen LogP contribution < -0.4 is 10.6 Å². The third-order valence-electron chi connectivity index (χ3n) is 2.63. The van der Waals surface area contributed by atoms with Crippen LogP contribution in [0, 0.1) is 0 Å². The third-order valence-corrected chi connectivity index (χ3v) is 2.63. The van der Waals surface area contributed by atoms with Crippen molar-refractivity contribution in [3.05, 3.63) is 0 Å². The van der Waals surface area contributed by atoms with Crippen molar-refractivity contribution < 1.29 is 9.90 Å². The molecular weight excluding hydrogens is 168 g/mol. The van der Waals surface area contributed by atoms with E-state index < -0.39 is 5.60 Å². The van der Waals surface area contributed by atoms with Crippen LogP contribution in [-0.2, 0) is 0 Å². The molecule has 0 heterocycles. The summed E-state index contributed by atoms with van der Waals surface area (Å²) in [5, 5.41) is 15.0. The van der Waals surface area contributed by atoms with Gasteiger partial charge in [0.05, 0.1) is 5.60 Å². The van der Waals surface area contributed by atoms with E-state index >= 15 is 0 Å². The van der Waals surface area contributed by atoms with E-state index in [1.807, 2.05) is 6.92 Å². The van der Waals surface area contributed by atoms with Crippen LogP contribution in [0.4, 0.5) is 4.79 Å². The summed E-state index contributed by atoms with van der Waals surface area (Å²) in [5.74, 6) is 0. The molecule has 4 heteroatoms. The van der Waals surface area contributed by atoms with Gasteiger partial charge >= 0.3 is 6.03 Å². The summed E-state index contributed by atoms with van der Waals surface area (Å²) in [6, 6.07) is 0.0896. The summed E-state index contributed by atoms with van der Waals surface area (Å²) in [4.78, 5) is 11.0. The number of carbonyl (C=O) groups is 1. The first kappa shape index (κ1) is 10.3. The first-order valence-corrected chi connectivity index (χ1v) is 4.74. The Morgan fingerprint density at radius 3 is 2.46 bits per heavy atom. The minimum atomic E-state index is -0.527. The molecule has 0 aliphatic heterocycles. The first-order chi connectivity index (χ1) is 6.03. The van der Waals surface area contributed by atoms with E-state index in [4.69, 9.17) is 0 Å². The summed E-state index contributed by atoms with van der Waals surface area (Å²) in [7, 11) is 1.61. The van der Waals surface area contributed by atoms with Gasteiger partial charge in [-0.25, -0.2) is 4.79 Å². The van der Waals surface area contributed by atoms with Crippen LogP contribution in [-0.4, -0.2) is 29.8 Å². The molecule has 4 nitrogen and oxygen atoms in total. The molecule has 0 unspecified atom stereocenters. The average molecular weight is 186 g/mol. The third kappa shape index (κ3) is 3.22. The Balaban J connectivity index is 2.29. The lowest BCUT2D eigenvalue weighted by molar-refractivity contribution is 0.0152. The predicted molar refractivity (Wildman–Crippen MR) is 50.5 cm³/mol. The lowest BCUT2D eigenvalue weighted by Gasteiger charge is -2.33. The van der Waals surface area contributed by atoms with Crippen molar-refractivity contribution in [2.75, 3.05) is 7.05 Å². The maximum absolute atomic E-state index is 11.0. The van der Waals surface area contributed by atoms with E-state index in [1.165, 1.54) is 0 Å².